The van der Waals surface area contributed by atoms with Gasteiger partial charge in [0.2, 0.25) is 0 Å². The molecule has 6 nitrogen and oxygen atoms in total. The molecular formula is C25H20F2N4O2. The Morgan fingerprint density at radius 1 is 0.697 bits per heavy atom. The number of anilines is 2. The van der Waals surface area contributed by atoms with Crippen molar-refractivity contribution in [2.24, 2.45) is 0 Å². The first kappa shape index (κ1) is 20.8. The molecule has 0 spiro atoms. The van der Waals surface area contributed by atoms with E-state index in [-0.39, 0.29) is 17.0 Å². The van der Waals surface area contributed by atoms with E-state index in [1.807, 2.05) is 23.1 Å². The normalized spacial score (nSPS) is 16.7. The quantitative estimate of drug-likeness (QED) is 0.575. The third-order valence-electron chi connectivity index (χ3n) is 5.85. The van der Waals surface area contributed by atoms with E-state index >= 15 is 0 Å². The van der Waals surface area contributed by atoms with Crippen molar-refractivity contribution < 1.29 is 18.4 Å². The van der Waals surface area contributed by atoms with E-state index in [1.165, 1.54) is 48.5 Å². The summed E-state index contributed by atoms with van der Waals surface area (Å²) < 4.78 is 27.0. The Balaban J connectivity index is 1.50. The molecule has 2 aliphatic heterocycles. The number of halogens is 2. The molecule has 1 fully saturated rings. The number of rotatable bonds is 4. The van der Waals surface area contributed by atoms with Gasteiger partial charge in [-0.2, -0.15) is 0 Å². The summed E-state index contributed by atoms with van der Waals surface area (Å²) in [6, 6.07) is 16.4. The highest BCUT2D eigenvalue weighted by molar-refractivity contribution is 6.45. The van der Waals surface area contributed by atoms with Crippen molar-refractivity contribution >= 4 is 28.9 Å². The number of carbonyl (C=O) groups excluding carboxylic acids is 2. The number of hydrogen-bond donors (Lipinski definition) is 0. The second-order valence-electron chi connectivity index (χ2n) is 7.81. The highest BCUT2D eigenvalue weighted by Gasteiger charge is 2.43. The molecule has 0 radical (unpaired) electrons. The molecule has 2 amide bonds. The highest BCUT2D eigenvalue weighted by atomic mass is 19.1. The van der Waals surface area contributed by atoms with Gasteiger partial charge in [0, 0.05) is 32.4 Å². The Morgan fingerprint density at radius 3 is 1.91 bits per heavy atom. The third-order valence-corrected chi connectivity index (χ3v) is 5.85. The molecule has 0 bridgehead atoms. The van der Waals surface area contributed by atoms with Gasteiger partial charge in [-0.1, -0.05) is 18.2 Å². The lowest BCUT2D eigenvalue weighted by molar-refractivity contribution is -0.120. The Morgan fingerprint density at radius 2 is 1.30 bits per heavy atom. The molecule has 2 aromatic carbocycles. The molecule has 0 aliphatic carbocycles. The molecule has 5 rings (SSSR count). The lowest BCUT2D eigenvalue weighted by atomic mass is 10.0. The zero-order chi connectivity index (χ0) is 22.9. The van der Waals surface area contributed by atoms with Crippen molar-refractivity contribution in [1.29, 1.82) is 0 Å². The van der Waals surface area contributed by atoms with Crippen LogP contribution in [-0.4, -0.2) is 47.9 Å². The van der Waals surface area contributed by atoms with Crippen LogP contribution in [-0.2, 0) is 9.59 Å². The Hall–Kier alpha value is -4.07. The highest BCUT2D eigenvalue weighted by Crippen LogP contribution is 2.35. The third kappa shape index (κ3) is 3.84. The van der Waals surface area contributed by atoms with Crippen LogP contribution in [0.3, 0.4) is 0 Å². The topological polar surface area (TPSA) is 56.8 Å². The molecule has 0 saturated carbocycles. The van der Waals surface area contributed by atoms with Crippen molar-refractivity contribution in [3.63, 3.8) is 0 Å². The second kappa shape index (κ2) is 8.46. The average Bonchev–Trinajstić information content (AvgIpc) is 3.11. The minimum Gasteiger partial charge on any atom is -0.363 e. The molecular weight excluding hydrogens is 426 g/mol. The number of carbonyl (C=O) groups is 2. The van der Waals surface area contributed by atoms with Crippen LogP contribution in [0.1, 0.15) is 5.56 Å². The Kier molecular flexibility index (Phi) is 5.34. The molecule has 1 saturated heterocycles. The zero-order valence-corrected chi connectivity index (χ0v) is 17.6. The summed E-state index contributed by atoms with van der Waals surface area (Å²) in [4.78, 5) is 36.4. The van der Waals surface area contributed by atoms with E-state index < -0.39 is 23.4 Å². The molecule has 1 aromatic heterocycles. The van der Waals surface area contributed by atoms with Crippen molar-refractivity contribution in [3.05, 3.63) is 95.8 Å². The lowest BCUT2D eigenvalue weighted by Gasteiger charge is -2.37. The summed E-state index contributed by atoms with van der Waals surface area (Å²) >= 11 is 0. The maximum atomic E-state index is 13.5. The summed E-state index contributed by atoms with van der Waals surface area (Å²) in [6.45, 7) is 2.25. The molecule has 0 unspecified atom stereocenters. The zero-order valence-electron chi connectivity index (χ0n) is 17.6. The first-order valence-electron chi connectivity index (χ1n) is 10.6. The maximum Gasteiger partial charge on any atom is 0.282 e. The van der Waals surface area contributed by atoms with Gasteiger partial charge in [0.15, 0.2) is 0 Å². The van der Waals surface area contributed by atoms with E-state index in [4.69, 9.17) is 0 Å². The number of imide groups is 1. The van der Waals surface area contributed by atoms with E-state index in [9.17, 15) is 18.4 Å². The number of benzene rings is 2. The minimum atomic E-state index is -0.514. The van der Waals surface area contributed by atoms with E-state index in [0.717, 1.165) is 10.7 Å². The molecule has 3 heterocycles. The predicted molar refractivity (Wildman–Crippen MR) is 120 cm³/mol. The van der Waals surface area contributed by atoms with Gasteiger partial charge in [-0.3, -0.25) is 9.59 Å². The number of amides is 2. The largest absolute Gasteiger partial charge is 0.363 e. The molecule has 8 heteroatoms. The van der Waals surface area contributed by atoms with E-state index in [1.54, 1.807) is 6.20 Å². The number of aromatic nitrogens is 1. The van der Waals surface area contributed by atoms with Crippen molar-refractivity contribution in [2.75, 3.05) is 36.0 Å². The minimum absolute atomic E-state index is 0.218. The van der Waals surface area contributed by atoms with Crippen LogP contribution in [0.25, 0.3) is 5.57 Å². The average molecular weight is 446 g/mol. The standard InChI is InChI=1S/C25H20F2N4O2/c26-18-6-4-17(5-7-18)22-23(25(33)31(24(22)32)20-10-8-19(27)9-11-20)30-15-13-29(14-16-30)21-3-1-2-12-28-21/h1-12H,13-16H2. The van der Waals surface area contributed by atoms with Gasteiger partial charge in [-0.25, -0.2) is 18.7 Å². The molecule has 166 valence electrons. The van der Waals surface area contributed by atoms with Crippen molar-refractivity contribution in [2.45, 2.75) is 0 Å². The molecule has 3 aromatic rings. The first-order chi connectivity index (χ1) is 16.0. The van der Waals surface area contributed by atoms with Crippen LogP contribution >= 0.6 is 0 Å². The van der Waals surface area contributed by atoms with Crippen LogP contribution in [0.4, 0.5) is 20.3 Å². The molecule has 33 heavy (non-hydrogen) atoms. The fraction of sp³-hybridized carbons (Fsp3) is 0.160. The number of pyridine rings is 1. The summed E-state index contributed by atoms with van der Waals surface area (Å²) in [6.07, 6.45) is 1.73. The predicted octanol–water partition coefficient (Wildman–Crippen LogP) is 3.47. The van der Waals surface area contributed by atoms with Crippen molar-refractivity contribution in [1.82, 2.24) is 9.88 Å². The fourth-order valence-corrected chi connectivity index (χ4v) is 4.21. The van der Waals surface area contributed by atoms with Crippen LogP contribution in [0.2, 0.25) is 0 Å². The summed E-state index contributed by atoms with van der Waals surface area (Å²) in [5.74, 6) is -1.03. The molecule has 0 N–H and O–H groups in total. The van der Waals surface area contributed by atoms with E-state index in [2.05, 4.69) is 9.88 Å². The van der Waals surface area contributed by atoms with Gasteiger partial charge in [0.05, 0.1) is 11.3 Å². The Bertz CT molecular complexity index is 1220. The second-order valence-corrected chi connectivity index (χ2v) is 7.81. The summed E-state index contributed by atoms with van der Waals surface area (Å²) in [5, 5.41) is 0. The molecule has 0 atom stereocenters. The fourth-order valence-electron chi connectivity index (χ4n) is 4.21. The Labute approximate surface area is 189 Å². The van der Waals surface area contributed by atoms with Crippen LogP contribution in [0, 0.1) is 11.6 Å². The van der Waals surface area contributed by atoms with Gasteiger partial charge in [-0.15, -0.1) is 0 Å². The summed E-state index contributed by atoms with van der Waals surface area (Å²) in [7, 11) is 0. The SMILES string of the molecule is O=C1C(c2ccc(F)cc2)=C(N2CCN(c3ccccn3)CC2)C(=O)N1c1ccc(F)cc1. The summed E-state index contributed by atoms with van der Waals surface area (Å²) in [5.41, 5.74) is 1.24. The lowest BCUT2D eigenvalue weighted by Crippen LogP contribution is -2.48. The molecule has 2 aliphatic rings. The first-order valence-corrected chi connectivity index (χ1v) is 10.6. The van der Waals surface area contributed by atoms with Crippen LogP contribution in [0.5, 0.6) is 0 Å². The van der Waals surface area contributed by atoms with E-state index in [0.29, 0.717) is 31.7 Å². The van der Waals surface area contributed by atoms with Gasteiger partial charge < -0.3 is 9.80 Å². The smallest absolute Gasteiger partial charge is 0.282 e. The number of hydrogen-bond acceptors (Lipinski definition) is 5. The number of nitrogens with zero attached hydrogens (tertiary/aromatic N) is 4. The van der Waals surface area contributed by atoms with Crippen LogP contribution < -0.4 is 9.80 Å². The van der Waals surface area contributed by atoms with Crippen molar-refractivity contribution in [3.8, 4) is 0 Å². The van der Waals surface area contributed by atoms with Gasteiger partial charge in [-0.05, 0) is 54.1 Å². The number of piperazine rings is 1. The van der Waals surface area contributed by atoms with Gasteiger partial charge >= 0.3 is 0 Å². The van der Waals surface area contributed by atoms with Gasteiger partial charge in [0.25, 0.3) is 11.8 Å². The van der Waals surface area contributed by atoms with Gasteiger partial charge in [0.1, 0.15) is 23.1 Å². The monoisotopic (exact) mass is 446 g/mol. The van der Waals surface area contributed by atoms with Crippen LogP contribution in [0.15, 0.2) is 78.6 Å². The maximum absolute atomic E-state index is 13.5.